The largest absolute Gasteiger partial charge is 0.328 e. The Hall–Kier alpha value is -0.870. The number of aromatic nitrogens is 2. The Labute approximate surface area is 123 Å². The van der Waals surface area contributed by atoms with Gasteiger partial charge in [0.25, 0.3) is 0 Å². The summed E-state index contributed by atoms with van der Waals surface area (Å²) >= 11 is 0. The van der Waals surface area contributed by atoms with Gasteiger partial charge in [-0.05, 0) is 51.1 Å². The van der Waals surface area contributed by atoms with Crippen molar-refractivity contribution in [2.24, 2.45) is 5.73 Å². The van der Waals surface area contributed by atoms with Crippen LogP contribution in [0.15, 0.2) is 12.3 Å². The summed E-state index contributed by atoms with van der Waals surface area (Å²) in [6, 6.07) is 3.31. The molecule has 4 nitrogen and oxygen atoms in total. The van der Waals surface area contributed by atoms with Crippen LogP contribution in [0, 0.1) is 0 Å². The SMILES string of the molecule is CCCN(Cc1ccnn1CCC)C1CCC(N)CC1. The molecule has 0 saturated heterocycles. The van der Waals surface area contributed by atoms with Crippen LogP contribution in [0.4, 0.5) is 0 Å². The van der Waals surface area contributed by atoms with Gasteiger partial charge in [0.1, 0.15) is 0 Å². The van der Waals surface area contributed by atoms with Gasteiger partial charge in [-0.25, -0.2) is 0 Å². The highest BCUT2D eigenvalue weighted by atomic mass is 15.3. The fourth-order valence-electron chi connectivity index (χ4n) is 3.26. The zero-order valence-electron chi connectivity index (χ0n) is 13.1. The molecule has 0 aliphatic heterocycles. The third-order valence-electron chi connectivity index (χ3n) is 4.37. The van der Waals surface area contributed by atoms with Crippen molar-refractivity contribution < 1.29 is 0 Å². The van der Waals surface area contributed by atoms with Crippen LogP contribution in [0.5, 0.6) is 0 Å². The van der Waals surface area contributed by atoms with Crippen LogP contribution >= 0.6 is 0 Å². The number of hydrogen-bond donors (Lipinski definition) is 1. The summed E-state index contributed by atoms with van der Waals surface area (Å²) in [4.78, 5) is 2.65. The molecule has 0 spiro atoms. The lowest BCUT2D eigenvalue weighted by Crippen LogP contribution is -2.41. The first-order chi connectivity index (χ1) is 9.74. The van der Waals surface area contributed by atoms with E-state index in [0.717, 1.165) is 19.5 Å². The van der Waals surface area contributed by atoms with E-state index in [1.165, 1.54) is 44.3 Å². The van der Waals surface area contributed by atoms with E-state index < -0.39 is 0 Å². The van der Waals surface area contributed by atoms with Gasteiger partial charge in [-0.1, -0.05) is 13.8 Å². The molecule has 1 heterocycles. The standard InChI is InChI=1S/C16H30N4/c1-3-11-19(15-7-5-14(17)6-8-15)13-16-9-10-18-20(16)12-4-2/h9-10,14-15H,3-8,11-13,17H2,1-2H3. The average molecular weight is 278 g/mol. The third kappa shape index (κ3) is 4.06. The van der Waals surface area contributed by atoms with Crippen molar-refractivity contribution in [3.05, 3.63) is 18.0 Å². The van der Waals surface area contributed by atoms with Crippen molar-refractivity contribution in [2.75, 3.05) is 6.54 Å². The molecule has 0 atom stereocenters. The van der Waals surface area contributed by atoms with Crippen molar-refractivity contribution in [1.82, 2.24) is 14.7 Å². The molecule has 1 saturated carbocycles. The summed E-state index contributed by atoms with van der Waals surface area (Å²) in [6.07, 6.45) is 9.15. The molecular weight excluding hydrogens is 248 g/mol. The van der Waals surface area contributed by atoms with E-state index >= 15 is 0 Å². The van der Waals surface area contributed by atoms with Crippen molar-refractivity contribution in [1.29, 1.82) is 0 Å². The molecule has 0 bridgehead atoms. The van der Waals surface area contributed by atoms with Crippen LogP contribution in [0.3, 0.4) is 0 Å². The molecule has 1 fully saturated rings. The Morgan fingerprint density at radius 2 is 2.00 bits per heavy atom. The van der Waals surface area contributed by atoms with Gasteiger partial charge in [-0.3, -0.25) is 9.58 Å². The molecule has 1 aromatic heterocycles. The van der Waals surface area contributed by atoms with Gasteiger partial charge in [-0.2, -0.15) is 5.10 Å². The lowest BCUT2D eigenvalue weighted by Gasteiger charge is -2.36. The molecule has 2 N–H and O–H groups in total. The highest BCUT2D eigenvalue weighted by Gasteiger charge is 2.24. The first-order valence-corrected chi connectivity index (χ1v) is 8.24. The molecule has 114 valence electrons. The quantitative estimate of drug-likeness (QED) is 0.834. The monoisotopic (exact) mass is 278 g/mol. The zero-order chi connectivity index (χ0) is 14.4. The Kier molecular flexibility index (Phi) is 6.05. The van der Waals surface area contributed by atoms with Crippen LogP contribution < -0.4 is 5.73 Å². The Morgan fingerprint density at radius 1 is 1.25 bits per heavy atom. The van der Waals surface area contributed by atoms with Gasteiger partial charge >= 0.3 is 0 Å². The van der Waals surface area contributed by atoms with Gasteiger partial charge in [0, 0.05) is 31.4 Å². The van der Waals surface area contributed by atoms with Gasteiger partial charge in [0.15, 0.2) is 0 Å². The van der Waals surface area contributed by atoms with E-state index in [1.807, 2.05) is 6.20 Å². The zero-order valence-corrected chi connectivity index (χ0v) is 13.1. The van der Waals surface area contributed by atoms with Crippen LogP contribution in [0.2, 0.25) is 0 Å². The van der Waals surface area contributed by atoms with E-state index in [0.29, 0.717) is 12.1 Å². The summed E-state index contributed by atoms with van der Waals surface area (Å²) in [7, 11) is 0. The summed E-state index contributed by atoms with van der Waals surface area (Å²) in [5.74, 6) is 0. The van der Waals surface area contributed by atoms with Gasteiger partial charge in [0.05, 0.1) is 5.69 Å². The second-order valence-corrected chi connectivity index (χ2v) is 6.08. The van der Waals surface area contributed by atoms with Gasteiger partial charge < -0.3 is 5.73 Å². The first-order valence-electron chi connectivity index (χ1n) is 8.24. The summed E-state index contributed by atoms with van der Waals surface area (Å²) in [5, 5.41) is 4.45. The Morgan fingerprint density at radius 3 is 2.65 bits per heavy atom. The van der Waals surface area contributed by atoms with Crippen molar-refractivity contribution in [2.45, 2.75) is 77.5 Å². The molecule has 0 aromatic carbocycles. The van der Waals surface area contributed by atoms with E-state index in [9.17, 15) is 0 Å². The summed E-state index contributed by atoms with van der Waals surface area (Å²) < 4.78 is 2.16. The number of hydrogen-bond acceptors (Lipinski definition) is 3. The number of rotatable bonds is 7. The minimum absolute atomic E-state index is 0.431. The van der Waals surface area contributed by atoms with Gasteiger partial charge in [-0.15, -0.1) is 0 Å². The fraction of sp³-hybridized carbons (Fsp3) is 0.812. The predicted molar refractivity (Wildman–Crippen MR) is 83.5 cm³/mol. The van der Waals surface area contributed by atoms with Crippen LogP contribution in [0.25, 0.3) is 0 Å². The first kappa shape index (κ1) is 15.5. The second kappa shape index (κ2) is 7.79. The van der Waals surface area contributed by atoms with E-state index in [4.69, 9.17) is 5.73 Å². The Balaban J connectivity index is 1.99. The van der Waals surface area contributed by atoms with Crippen molar-refractivity contribution >= 4 is 0 Å². The molecule has 4 heteroatoms. The summed E-state index contributed by atoms with van der Waals surface area (Å²) in [6.45, 7) is 7.71. The average Bonchev–Trinajstić information content (AvgIpc) is 2.87. The highest BCUT2D eigenvalue weighted by molar-refractivity contribution is 5.01. The minimum Gasteiger partial charge on any atom is -0.328 e. The minimum atomic E-state index is 0.431. The molecular formula is C16H30N4. The summed E-state index contributed by atoms with van der Waals surface area (Å²) in [5.41, 5.74) is 7.39. The number of nitrogens with two attached hydrogens (primary N) is 1. The van der Waals surface area contributed by atoms with Crippen molar-refractivity contribution in [3.8, 4) is 0 Å². The molecule has 0 amide bonds. The van der Waals surface area contributed by atoms with Crippen LogP contribution in [-0.2, 0) is 13.1 Å². The van der Waals surface area contributed by atoms with Crippen LogP contribution in [-0.4, -0.2) is 33.3 Å². The molecule has 2 rings (SSSR count). The number of nitrogens with zero attached hydrogens (tertiary/aromatic N) is 3. The number of aryl methyl sites for hydroxylation is 1. The normalized spacial score (nSPS) is 23.4. The fourth-order valence-corrected chi connectivity index (χ4v) is 3.26. The molecule has 0 radical (unpaired) electrons. The molecule has 1 aliphatic rings. The molecule has 1 aliphatic carbocycles. The maximum Gasteiger partial charge on any atom is 0.0524 e. The maximum atomic E-state index is 6.04. The second-order valence-electron chi connectivity index (χ2n) is 6.08. The molecule has 20 heavy (non-hydrogen) atoms. The smallest absolute Gasteiger partial charge is 0.0524 e. The third-order valence-corrected chi connectivity index (χ3v) is 4.37. The molecule has 0 unspecified atom stereocenters. The lowest BCUT2D eigenvalue weighted by atomic mass is 9.90. The van der Waals surface area contributed by atoms with E-state index in [1.54, 1.807) is 0 Å². The Bertz CT molecular complexity index is 380. The van der Waals surface area contributed by atoms with E-state index in [2.05, 4.69) is 34.6 Å². The lowest BCUT2D eigenvalue weighted by molar-refractivity contribution is 0.138. The highest BCUT2D eigenvalue weighted by Crippen LogP contribution is 2.24. The van der Waals surface area contributed by atoms with Crippen molar-refractivity contribution in [3.63, 3.8) is 0 Å². The van der Waals surface area contributed by atoms with Gasteiger partial charge in [0.2, 0.25) is 0 Å². The topological polar surface area (TPSA) is 47.1 Å². The van der Waals surface area contributed by atoms with E-state index in [-0.39, 0.29) is 0 Å². The predicted octanol–water partition coefficient (Wildman–Crippen LogP) is 2.78. The van der Waals surface area contributed by atoms with Crippen LogP contribution in [0.1, 0.15) is 58.1 Å². The maximum absolute atomic E-state index is 6.04. The molecule has 1 aromatic rings.